The molecular formula is C35H48ClN5O3. The van der Waals surface area contributed by atoms with Crippen LogP contribution in [0.4, 0.5) is 0 Å². The minimum atomic E-state index is -0.658. The number of rotatable bonds is 11. The fourth-order valence-corrected chi connectivity index (χ4v) is 7.46. The Labute approximate surface area is 267 Å². The number of carbonyl (C=O) groups excluding carboxylic acids is 3. The maximum absolute atomic E-state index is 14.0. The van der Waals surface area contributed by atoms with Crippen LogP contribution in [0.3, 0.4) is 0 Å². The number of halogens is 1. The number of benzene rings is 2. The van der Waals surface area contributed by atoms with Gasteiger partial charge >= 0.3 is 0 Å². The third kappa shape index (κ3) is 8.20. The van der Waals surface area contributed by atoms with Crippen molar-refractivity contribution in [3.63, 3.8) is 0 Å². The standard InChI is InChI=1S/C35H48ClN5O3/c1-3-39(25(2)42)24-33(27-9-5-4-6-10-27)40-17-19-41(20-18-40)35(44)32(21-26-13-15-29(36)16-14-26)38-34(43)22-31-30-12-8-7-11-28(30)23-37-31/h7-8,11-16,27,31-33,37H,3-6,9-10,17-24H2,1-2H3,(H,38,43). The summed E-state index contributed by atoms with van der Waals surface area (Å²) in [5.41, 5.74) is 3.32. The van der Waals surface area contributed by atoms with Gasteiger partial charge in [0, 0.05) is 82.7 Å². The fourth-order valence-electron chi connectivity index (χ4n) is 7.34. The van der Waals surface area contributed by atoms with Gasteiger partial charge in [-0.05, 0) is 54.5 Å². The first kappa shape index (κ1) is 32.5. The van der Waals surface area contributed by atoms with E-state index in [4.69, 9.17) is 11.6 Å². The fraction of sp³-hybridized carbons (Fsp3) is 0.571. The summed E-state index contributed by atoms with van der Waals surface area (Å²) in [7, 11) is 0. The minimum absolute atomic E-state index is 0.0409. The Balaban J connectivity index is 1.25. The molecule has 2 fully saturated rings. The number of amides is 3. The highest BCUT2D eigenvalue weighted by molar-refractivity contribution is 6.30. The van der Waals surface area contributed by atoms with Crippen molar-refractivity contribution in [2.24, 2.45) is 5.92 Å². The monoisotopic (exact) mass is 621 g/mol. The Bertz CT molecular complexity index is 1270. The molecule has 3 atom stereocenters. The van der Waals surface area contributed by atoms with E-state index in [0.717, 1.165) is 37.3 Å². The van der Waals surface area contributed by atoms with Crippen LogP contribution in [-0.2, 0) is 27.3 Å². The van der Waals surface area contributed by atoms with Gasteiger partial charge in [0.15, 0.2) is 0 Å². The molecule has 0 spiro atoms. The van der Waals surface area contributed by atoms with Crippen molar-refractivity contribution in [2.45, 2.75) is 83.5 Å². The molecule has 238 valence electrons. The molecule has 2 aliphatic heterocycles. The number of nitrogens with one attached hydrogen (secondary N) is 2. The van der Waals surface area contributed by atoms with Crippen LogP contribution in [0.25, 0.3) is 0 Å². The SMILES string of the molecule is CCN(CC(C1CCCCC1)N1CCN(C(=O)C(Cc2ccc(Cl)cc2)NC(=O)CC2NCc3ccccc32)CC1)C(C)=O. The minimum Gasteiger partial charge on any atom is -0.344 e. The van der Waals surface area contributed by atoms with Crippen LogP contribution in [0, 0.1) is 5.92 Å². The molecule has 0 bridgehead atoms. The summed E-state index contributed by atoms with van der Waals surface area (Å²) in [5, 5.41) is 7.19. The molecule has 3 unspecified atom stereocenters. The maximum Gasteiger partial charge on any atom is 0.245 e. The van der Waals surface area contributed by atoms with Crippen LogP contribution < -0.4 is 10.6 Å². The number of nitrogens with zero attached hydrogens (tertiary/aromatic N) is 3. The number of hydrogen-bond acceptors (Lipinski definition) is 5. The number of likely N-dealkylation sites (N-methyl/N-ethyl adjacent to an activating group) is 1. The van der Waals surface area contributed by atoms with Gasteiger partial charge in [0.2, 0.25) is 17.7 Å². The molecule has 2 heterocycles. The highest BCUT2D eigenvalue weighted by Gasteiger charge is 2.35. The Morgan fingerprint density at radius 1 is 1.00 bits per heavy atom. The van der Waals surface area contributed by atoms with Crippen molar-refractivity contribution in [2.75, 3.05) is 39.3 Å². The third-order valence-electron chi connectivity index (χ3n) is 9.87. The normalized spacial score (nSPS) is 20.5. The van der Waals surface area contributed by atoms with Gasteiger partial charge in [0.25, 0.3) is 0 Å². The highest BCUT2D eigenvalue weighted by Crippen LogP contribution is 2.31. The van der Waals surface area contributed by atoms with Gasteiger partial charge in [-0.25, -0.2) is 0 Å². The molecule has 5 rings (SSSR count). The van der Waals surface area contributed by atoms with E-state index in [0.29, 0.717) is 43.0 Å². The molecule has 1 saturated heterocycles. The molecule has 2 aromatic carbocycles. The Morgan fingerprint density at radius 2 is 1.70 bits per heavy atom. The first-order valence-corrected chi connectivity index (χ1v) is 16.8. The Kier molecular flexibility index (Phi) is 11.3. The molecule has 0 aromatic heterocycles. The average Bonchev–Trinajstić information content (AvgIpc) is 3.44. The zero-order valence-electron chi connectivity index (χ0n) is 26.3. The van der Waals surface area contributed by atoms with Crippen LogP contribution >= 0.6 is 11.6 Å². The lowest BCUT2D eigenvalue weighted by Crippen LogP contribution is -2.59. The van der Waals surface area contributed by atoms with Gasteiger partial charge in [-0.15, -0.1) is 0 Å². The van der Waals surface area contributed by atoms with E-state index in [1.165, 1.54) is 37.7 Å². The second-order valence-corrected chi connectivity index (χ2v) is 13.1. The van der Waals surface area contributed by atoms with Crippen LogP contribution in [0.2, 0.25) is 5.02 Å². The number of hydrogen-bond donors (Lipinski definition) is 2. The average molecular weight is 622 g/mol. The van der Waals surface area contributed by atoms with Crippen molar-refractivity contribution in [1.82, 2.24) is 25.3 Å². The lowest BCUT2D eigenvalue weighted by Gasteiger charge is -2.45. The predicted octanol–water partition coefficient (Wildman–Crippen LogP) is 4.56. The van der Waals surface area contributed by atoms with Gasteiger partial charge in [0.05, 0.1) is 0 Å². The summed E-state index contributed by atoms with van der Waals surface area (Å²) >= 11 is 6.13. The molecule has 2 aromatic rings. The number of carbonyl (C=O) groups is 3. The van der Waals surface area contributed by atoms with Gasteiger partial charge < -0.3 is 20.4 Å². The molecule has 9 heteroatoms. The van der Waals surface area contributed by atoms with Gasteiger partial charge in [0.1, 0.15) is 6.04 Å². The second kappa shape index (κ2) is 15.4. The van der Waals surface area contributed by atoms with Crippen molar-refractivity contribution < 1.29 is 14.4 Å². The molecule has 44 heavy (non-hydrogen) atoms. The number of fused-ring (bicyclic) bond motifs is 1. The first-order chi connectivity index (χ1) is 21.3. The van der Waals surface area contributed by atoms with Crippen molar-refractivity contribution in [3.8, 4) is 0 Å². The predicted molar refractivity (Wildman–Crippen MR) is 174 cm³/mol. The van der Waals surface area contributed by atoms with E-state index >= 15 is 0 Å². The zero-order valence-corrected chi connectivity index (χ0v) is 27.0. The summed E-state index contributed by atoms with van der Waals surface area (Å²) in [6, 6.07) is 15.3. The molecular weight excluding hydrogens is 574 g/mol. The molecule has 2 N–H and O–H groups in total. The van der Waals surface area contributed by atoms with Gasteiger partial charge in [-0.1, -0.05) is 67.3 Å². The molecule has 1 saturated carbocycles. The molecule has 8 nitrogen and oxygen atoms in total. The lowest BCUT2D eigenvalue weighted by atomic mass is 9.82. The quantitative estimate of drug-likeness (QED) is 0.384. The van der Waals surface area contributed by atoms with Crippen LogP contribution in [0.5, 0.6) is 0 Å². The lowest BCUT2D eigenvalue weighted by molar-refractivity contribution is -0.138. The zero-order chi connectivity index (χ0) is 31.1. The van der Waals surface area contributed by atoms with E-state index in [2.05, 4.69) is 27.7 Å². The van der Waals surface area contributed by atoms with E-state index in [-0.39, 0.29) is 30.2 Å². The van der Waals surface area contributed by atoms with E-state index < -0.39 is 6.04 Å². The summed E-state index contributed by atoms with van der Waals surface area (Å²) in [5.74, 6) is 0.525. The smallest absolute Gasteiger partial charge is 0.245 e. The van der Waals surface area contributed by atoms with E-state index in [1.54, 1.807) is 6.92 Å². The van der Waals surface area contributed by atoms with Crippen molar-refractivity contribution >= 4 is 29.3 Å². The van der Waals surface area contributed by atoms with Gasteiger partial charge in [-0.3, -0.25) is 19.3 Å². The Morgan fingerprint density at radius 3 is 2.39 bits per heavy atom. The maximum atomic E-state index is 14.0. The topological polar surface area (TPSA) is 85.0 Å². The summed E-state index contributed by atoms with van der Waals surface area (Å²) in [6.45, 7) is 8.68. The molecule has 1 aliphatic carbocycles. The van der Waals surface area contributed by atoms with Crippen LogP contribution in [0.15, 0.2) is 48.5 Å². The summed E-state index contributed by atoms with van der Waals surface area (Å²) in [4.78, 5) is 46.1. The summed E-state index contributed by atoms with van der Waals surface area (Å²) < 4.78 is 0. The third-order valence-corrected chi connectivity index (χ3v) is 10.1. The number of piperazine rings is 1. The first-order valence-electron chi connectivity index (χ1n) is 16.5. The Hall–Kier alpha value is -2.94. The van der Waals surface area contributed by atoms with Gasteiger partial charge in [-0.2, -0.15) is 0 Å². The molecule has 0 radical (unpaired) electrons. The highest BCUT2D eigenvalue weighted by atomic mass is 35.5. The molecule has 3 aliphatic rings. The largest absolute Gasteiger partial charge is 0.344 e. The van der Waals surface area contributed by atoms with Crippen molar-refractivity contribution in [1.29, 1.82) is 0 Å². The van der Waals surface area contributed by atoms with E-state index in [9.17, 15) is 14.4 Å². The van der Waals surface area contributed by atoms with Crippen LogP contribution in [0.1, 0.15) is 75.1 Å². The van der Waals surface area contributed by atoms with Crippen molar-refractivity contribution in [3.05, 3.63) is 70.2 Å². The summed E-state index contributed by atoms with van der Waals surface area (Å²) in [6.07, 6.45) is 6.89. The second-order valence-electron chi connectivity index (χ2n) is 12.7. The van der Waals surface area contributed by atoms with Crippen LogP contribution in [-0.4, -0.2) is 83.8 Å². The van der Waals surface area contributed by atoms with E-state index in [1.807, 2.05) is 53.1 Å². The molecule has 3 amide bonds.